The summed E-state index contributed by atoms with van der Waals surface area (Å²) in [6, 6.07) is 10.7. The van der Waals surface area contributed by atoms with Gasteiger partial charge in [0.1, 0.15) is 23.3 Å². The lowest BCUT2D eigenvalue weighted by atomic mass is 9.87. The molecular weight excluding hydrogens is 296 g/mol. The van der Waals surface area contributed by atoms with Gasteiger partial charge in [-0.15, -0.1) is 0 Å². The van der Waals surface area contributed by atoms with Crippen LogP contribution in [0.15, 0.2) is 51.0 Å². The molecule has 6 heteroatoms. The van der Waals surface area contributed by atoms with Crippen molar-refractivity contribution < 1.29 is 13.9 Å². The van der Waals surface area contributed by atoms with E-state index >= 15 is 0 Å². The number of hydrogen-bond donors (Lipinski definition) is 1. The molecule has 2 heterocycles. The zero-order valence-corrected chi connectivity index (χ0v) is 12.6. The van der Waals surface area contributed by atoms with Crippen LogP contribution in [0.4, 0.5) is 0 Å². The highest BCUT2D eigenvalue weighted by atomic mass is 16.5. The van der Waals surface area contributed by atoms with E-state index in [4.69, 9.17) is 19.6 Å². The second-order valence-electron chi connectivity index (χ2n) is 5.13. The second kappa shape index (κ2) is 5.54. The first-order valence-corrected chi connectivity index (χ1v) is 6.91. The molecule has 0 spiro atoms. The highest BCUT2D eigenvalue weighted by Gasteiger charge is 2.33. The normalized spacial score (nSPS) is 16.3. The molecule has 1 aromatic heterocycles. The molecule has 3 rings (SSSR count). The third kappa shape index (κ3) is 2.42. The number of ether oxygens (including phenoxy) is 2. The monoisotopic (exact) mass is 310 g/mol. The topological polar surface area (TPSA) is 98.5 Å². The van der Waals surface area contributed by atoms with E-state index in [0.29, 0.717) is 11.5 Å². The van der Waals surface area contributed by atoms with Crippen molar-refractivity contribution in [3.63, 3.8) is 0 Å². The average molecular weight is 310 g/mol. The first-order valence-electron chi connectivity index (χ1n) is 6.91. The molecule has 1 aromatic carbocycles. The number of nitrogens with two attached hydrogens (primary N) is 1. The van der Waals surface area contributed by atoms with E-state index in [9.17, 15) is 10.1 Å². The summed E-state index contributed by atoms with van der Waals surface area (Å²) in [6.45, 7) is 1.64. The second-order valence-corrected chi connectivity index (χ2v) is 5.13. The van der Waals surface area contributed by atoms with Crippen LogP contribution in [0.5, 0.6) is 11.5 Å². The Labute approximate surface area is 132 Å². The first kappa shape index (κ1) is 14.7. The van der Waals surface area contributed by atoms with Gasteiger partial charge in [0.15, 0.2) is 0 Å². The Bertz CT molecular complexity index is 906. The molecule has 1 aliphatic heterocycles. The van der Waals surface area contributed by atoms with Crippen LogP contribution in [0.3, 0.4) is 0 Å². The summed E-state index contributed by atoms with van der Waals surface area (Å²) < 4.78 is 15.9. The number of fused-ring (bicyclic) bond motifs is 1. The van der Waals surface area contributed by atoms with Gasteiger partial charge in [-0.1, -0.05) is 12.1 Å². The van der Waals surface area contributed by atoms with Crippen LogP contribution >= 0.6 is 0 Å². The molecule has 2 aromatic rings. The largest absolute Gasteiger partial charge is 0.497 e. The third-order valence-electron chi connectivity index (χ3n) is 3.68. The molecule has 0 saturated carbocycles. The lowest BCUT2D eigenvalue weighted by Crippen LogP contribution is -2.27. The Balaban J connectivity index is 2.28. The van der Waals surface area contributed by atoms with Gasteiger partial charge in [0.2, 0.25) is 5.76 Å². The van der Waals surface area contributed by atoms with E-state index in [1.165, 1.54) is 0 Å². The van der Waals surface area contributed by atoms with E-state index in [1.807, 2.05) is 12.1 Å². The number of aryl methyl sites for hydroxylation is 1. The minimum absolute atomic E-state index is 0.0182. The van der Waals surface area contributed by atoms with Crippen LogP contribution in [-0.4, -0.2) is 7.11 Å². The number of benzene rings is 1. The quantitative estimate of drug-likeness (QED) is 0.912. The van der Waals surface area contributed by atoms with Gasteiger partial charge in [-0.3, -0.25) is 0 Å². The molecule has 0 bridgehead atoms. The summed E-state index contributed by atoms with van der Waals surface area (Å²) in [5.74, 6) is 0.669. The van der Waals surface area contributed by atoms with Crippen LogP contribution in [0.2, 0.25) is 0 Å². The van der Waals surface area contributed by atoms with Crippen molar-refractivity contribution in [2.24, 2.45) is 5.73 Å². The Morgan fingerprint density at radius 1 is 1.35 bits per heavy atom. The fourth-order valence-corrected chi connectivity index (χ4v) is 2.65. The molecule has 0 amide bonds. The fraction of sp³-hybridized carbons (Fsp3) is 0.176. The molecule has 0 fully saturated rings. The lowest BCUT2D eigenvalue weighted by molar-refractivity contribution is 0.386. The maximum Gasteiger partial charge on any atom is 0.343 e. The van der Waals surface area contributed by atoms with Crippen LogP contribution in [0.25, 0.3) is 0 Å². The number of hydrogen-bond acceptors (Lipinski definition) is 6. The van der Waals surface area contributed by atoms with Crippen LogP contribution < -0.4 is 20.8 Å². The van der Waals surface area contributed by atoms with Crippen molar-refractivity contribution in [3.05, 3.63) is 69.1 Å². The smallest absolute Gasteiger partial charge is 0.343 e. The maximum absolute atomic E-state index is 12.3. The van der Waals surface area contributed by atoms with Crippen LogP contribution in [0, 0.1) is 18.3 Å². The Hall–Kier alpha value is -3.20. The van der Waals surface area contributed by atoms with Gasteiger partial charge in [-0.05, 0) is 24.6 Å². The summed E-state index contributed by atoms with van der Waals surface area (Å²) in [7, 11) is 1.55. The van der Waals surface area contributed by atoms with Gasteiger partial charge in [-0.25, -0.2) is 4.79 Å². The summed E-state index contributed by atoms with van der Waals surface area (Å²) in [6.07, 6.45) is 0. The summed E-state index contributed by atoms with van der Waals surface area (Å²) >= 11 is 0. The SMILES string of the molecule is COc1cccc(C2C(N)=C(C#N)Oc3cc(C)oc(=O)c32)c1. The standard InChI is InChI=1S/C17H14N2O4/c1-9-6-12-15(17(20)22-9)14(16(19)13(8-18)23-12)10-4-3-5-11(7-10)21-2/h3-7,14H,19H2,1-2H3. The van der Waals surface area contributed by atoms with Crippen LogP contribution in [0.1, 0.15) is 22.8 Å². The van der Waals surface area contributed by atoms with Gasteiger partial charge < -0.3 is 19.6 Å². The third-order valence-corrected chi connectivity index (χ3v) is 3.68. The van der Waals surface area contributed by atoms with E-state index in [0.717, 1.165) is 5.56 Å². The minimum Gasteiger partial charge on any atom is -0.497 e. The van der Waals surface area contributed by atoms with Crippen molar-refractivity contribution in [3.8, 4) is 17.6 Å². The lowest BCUT2D eigenvalue weighted by Gasteiger charge is -2.25. The van der Waals surface area contributed by atoms with Gasteiger partial charge in [0, 0.05) is 6.07 Å². The summed E-state index contributed by atoms with van der Waals surface area (Å²) in [5.41, 5.74) is 6.72. The molecule has 0 aliphatic carbocycles. The molecule has 1 unspecified atom stereocenters. The fourth-order valence-electron chi connectivity index (χ4n) is 2.65. The van der Waals surface area contributed by atoms with E-state index in [1.54, 1.807) is 38.3 Å². The minimum atomic E-state index is -0.625. The molecule has 2 N–H and O–H groups in total. The average Bonchev–Trinajstić information content (AvgIpc) is 2.54. The number of allylic oxidation sites excluding steroid dienone is 2. The van der Waals surface area contributed by atoms with Gasteiger partial charge >= 0.3 is 5.63 Å². The highest BCUT2D eigenvalue weighted by Crippen LogP contribution is 2.40. The Kier molecular flexibility index (Phi) is 3.54. The summed E-state index contributed by atoms with van der Waals surface area (Å²) in [5, 5.41) is 9.25. The molecule has 1 aliphatic rings. The highest BCUT2D eigenvalue weighted by molar-refractivity contribution is 5.53. The van der Waals surface area contributed by atoms with E-state index in [-0.39, 0.29) is 22.8 Å². The number of nitrogens with zero attached hydrogens (tertiary/aromatic N) is 1. The predicted octanol–water partition coefficient (Wildman–Crippen LogP) is 2.17. The van der Waals surface area contributed by atoms with Crippen LogP contribution in [-0.2, 0) is 0 Å². The van der Waals surface area contributed by atoms with Gasteiger partial charge in [0.25, 0.3) is 0 Å². The summed E-state index contributed by atoms with van der Waals surface area (Å²) in [4.78, 5) is 12.3. The number of rotatable bonds is 2. The molecule has 1 atom stereocenters. The maximum atomic E-state index is 12.3. The van der Waals surface area contributed by atoms with E-state index in [2.05, 4.69) is 0 Å². The van der Waals surface area contributed by atoms with E-state index < -0.39 is 11.5 Å². The van der Waals surface area contributed by atoms with Crippen molar-refractivity contribution in [1.29, 1.82) is 5.26 Å². The number of methoxy groups -OCH3 is 1. The molecule has 23 heavy (non-hydrogen) atoms. The molecule has 6 nitrogen and oxygen atoms in total. The van der Waals surface area contributed by atoms with Gasteiger partial charge in [0.05, 0.1) is 24.3 Å². The first-order chi connectivity index (χ1) is 11.0. The zero-order chi connectivity index (χ0) is 16.6. The number of nitriles is 1. The molecule has 0 radical (unpaired) electrons. The van der Waals surface area contributed by atoms with Crippen molar-refractivity contribution in [1.82, 2.24) is 0 Å². The van der Waals surface area contributed by atoms with Crippen molar-refractivity contribution in [2.45, 2.75) is 12.8 Å². The zero-order valence-electron chi connectivity index (χ0n) is 12.6. The Morgan fingerprint density at radius 2 is 2.13 bits per heavy atom. The molecule has 116 valence electrons. The molecular formula is C17H14N2O4. The van der Waals surface area contributed by atoms with Crippen molar-refractivity contribution >= 4 is 0 Å². The predicted molar refractivity (Wildman–Crippen MR) is 82.0 cm³/mol. The van der Waals surface area contributed by atoms with Crippen molar-refractivity contribution in [2.75, 3.05) is 7.11 Å². The molecule has 0 saturated heterocycles. The van der Waals surface area contributed by atoms with Gasteiger partial charge in [-0.2, -0.15) is 5.26 Å². The Morgan fingerprint density at radius 3 is 2.83 bits per heavy atom.